The Morgan fingerprint density at radius 3 is 2.30 bits per heavy atom. The SMILES string of the molecule is CN(C)c1nc(F)c(-c2cnc(C(=O)Nc3ccc(C(=O)N4CCN(C(=O)C5CC(C[N+](C)(C)C)C5)CC4)c(Cl)c3)n2C)cc1F. The van der Waals surface area contributed by atoms with E-state index in [1.807, 2.05) is 4.90 Å². The lowest BCUT2D eigenvalue weighted by Crippen LogP contribution is -2.54. The van der Waals surface area contributed by atoms with Gasteiger partial charge in [-0.3, -0.25) is 14.4 Å². The summed E-state index contributed by atoms with van der Waals surface area (Å²) in [5.74, 6) is -1.85. The number of carbonyl (C=O) groups excluding carboxylic acids is 3. The number of piperazine rings is 1. The smallest absolute Gasteiger partial charge is 0.291 e. The second kappa shape index (κ2) is 13.0. The van der Waals surface area contributed by atoms with Crippen LogP contribution in [0.3, 0.4) is 0 Å². The molecule has 1 aromatic carbocycles. The Labute approximate surface area is 272 Å². The molecule has 3 heterocycles. The summed E-state index contributed by atoms with van der Waals surface area (Å²) in [5, 5.41) is 2.85. The first-order valence-corrected chi connectivity index (χ1v) is 15.6. The van der Waals surface area contributed by atoms with Crippen LogP contribution < -0.4 is 10.2 Å². The highest BCUT2D eigenvalue weighted by Crippen LogP contribution is 2.36. The van der Waals surface area contributed by atoms with E-state index in [-0.39, 0.29) is 51.2 Å². The van der Waals surface area contributed by atoms with Gasteiger partial charge in [-0.05, 0) is 37.1 Å². The molecule has 1 aliphatic heterocycles. The molecule has 14 heteroatoms. The number of hydrogen-bond acceptors (Lipinski definition) is 6. The van der Waals surface area contributed by atoms with Crippen molar-refractivity contribution in [3.8, 4) is 11.3 Å². The predicted molar refractivity (Wildman–Crippen MR) is 172 cm³/mol. The minimum atomic E-state index is -0.900. The highest BCUT2D eigenvalue weighted by Gasteiger charge is 2.40. The fourth-order valence-corrected chi connectivity index (χ4v) is 6.46. The second-order valence-electron chi connectivity index (χ2n) is 13.3. The van der Waals surface area contributed by atoms with Gasteiger partial charge in [0.05, 0.1) is 55.7 Å². The summed E-state index contributed by atoms with van der Waals surface area (Å²) in [6.07, 6.45) is 3.11. The highest BCUT2D eigenvalue weighted by molar-refractivity contribution is 6.34. The molecule has 2 fully saturated rings. The number of benzene rings is 1. The van der Waals surface area contributed by atoms with Crippen molar-refractivity contribution in [3.63, 3.8) is 0 Å². The summed E-state index contributed by atoms with van der Waals surface area (Å²) < 4.78 is 31.5. The number of aromatic nitrogens is 3. The largest absolute Gasteiger partial charge is 0.360 e. The molecule has 2 aliphatic rings. The number of carbonyl (C=O) groups is 3. The summed E-state index contributed by atoms with van der Waals surface area (Å²) in [5.41, 5.74) is 0.633. The van der Waals surface area contributed by atoms with Crippen molar-refractivity contribution in [2.45, 2.75) is 12.8 Å². The van der Waals surface area contributed by atoms with E-state index in [1.54, 1.807) is 31.1 Å². The molecule has 0 bridgehead atoms. The number of rotatable bonds is 8. The molecule has 3 aromatic rings. The number of halogens is 3. The molecule has 1 aliphatic carbocycles. The zero-order chi connectivity index (χ0) is 33.5. The molecular formula is C32H40ClF2N8O3+. The Bertz CT molecular complexity index is 1660. The van der Waals surface area contributed by atoms with E-state index in [0.717, 1.165) is 29.9 Å². The van der Waals surface area contributed by atoms with Crippen LogP contribution in [0.25, 0.3) is 11.3 Å². The maximum absolute atomic E-state index is 14.7. The van der Waals surface area contributed by atoms with Crippen LogP contribution in [-0.4, -0.2) is 115 Å². The van der Waals surface area contributed by atoms with Crippen LogP contribution in [0.2, 0.25) is 5.02 Å². The van der Waals surface area contributed by atoms with E-state index in [1.165, 1.54) is 28.8 Å². The number of pyridine rings is 1. The third-order valence-corrected chi connectivity index (χ3v) is 8.84. The lowest BCUT2D eigenvalue weighted by molar-refractivity contribution is -0.874. The Balaban J connectivity index is 1.18. The van der Waals surface area contributed by atoms with Crippen molar-refractivity contribution in [2.75, 3.05) is 78.2 Å². The molecule has 46 heavy (non-hydrogen) atoms. The van der Waals surface area contributed by atoms with Gasteiger partial charge in [0.25, 0.3) is 11.8 Å². The molecule has 0 radical (unpaired) electrons. The van der Waals surface area contributed by atoms with E-state index in [2.05, 4.69) is 36.4 Å². The Morgan fingerprint density at radius 2 is 1.70 bits per heavy atom. The quantitative estimate of drug-likeness (QED) is 0.293. The number of nitrogens with one attached hydrogen (secondary N) is 1. The van der Waals surface area contributed by atoms with Crippen LogP contribution in [0.1, 0.15) is 33.8 Å². The first-order chi connectivity index (χ1) is 21.6. The predicted octanol–water partition coefficient (Wildman–Crippen LogP) is 3.75. The molecule has 246 valence electrons. The molecule has 0 unspecified atom stereocenters. The molecule has 1 N–H and O–H groups in total. The fourth-order valence-electron chi connectivity index (χ4n) is 6.19. The summed E-state index contributed by atoms with van der Waals surface area (Å²) in [6.45, 7) is 2.84. The maximum atomic E-state index is 14.7. The van der Waals surface area contributed by atoms with Gasteiger partial charge in [-0.1, -0.05) is 11.6 Å². The third kappa shape index (κ3) is 7.00. The molecule has 0 spiro atoms. The lowest BCUT2D eigenvalue weighted by atomic mass is 9.73. The Hall–Kier alpha value is -4.10. The van der Waals surface area contributed by atoms with E-state index >= 15 is 0 Å². The van der Waals surface area contributed by atoms with Gasteiger partial charge in [-0.25, -0.2) is 9.37 Å². The normalized spacial score (nSPS) is 18.3. The van der Waals surface area contributed by atoms with Crippen LogP contribution in [0, 0.1) is 23.6 Å². The molecule has 3 amide bonds. The summed E-state index contributed by atoms with van der Waals surface area (Å²) >= 11 is 6.49. The van der Waals surface area contributed by atoms with Crippen LogP contribution in [0.15, 0.2) is 30.5 Å². The van der Waals surface area contributed by atoms with E-state index < -0.39 is 17.7 Å². The number of quaternary nitrogens is 1. The minimum absolute atomic E-state index is 0.0546. The van der Waals surface area contributed by atoms with Gasteiger partial charge in [-0.15, -0.1) is 0 Å². The lowest BCUT2D eigenvalue weighted by Gasteiger charge is -2.42. The Kier molecular flexibility index (Phi) is 9.37. The monoisotopic (exact) mass is 657 g/mol. The fraction of sp³-hybridized carbons (Fsp3) is 0.469. The van der Waals surface area contributed by atoms with Gasteiger partial charge < -0.3 is 29.1 Å². The molecule has 2 aromatic heterocycles. The van der Waals surface area contributed by atoms with E-state index in [9.17, 15) is 23.2 Å². The standard InChI is InChI=1S/C32H39ClF2N8O3/c1-39(2)28-25(34)16-23(27(35)38-28)26-17-36-29(40(26)3)30(44)37-21-7-8-22(24(33)15-21)32(46)42-11-9-41(10-12-42)31(45)20-13-19(14-20)18-43(4,5)6/h7-8,15-17,19-20H,9-14,18H2,1-6H3/p+1. The van der Waals surface area contributed by atoms with Crippen LogP contribution in [0.5, 0.6) is 0 Å². The Morgan fingerprint density at radius 1 is 1.04 bits per heavy atom. The van der Waals surface area contributed by atoms with Crippen molar-refractivity contribution < 1.29 is 27.6 Å². The first kappa shape index (κ1) is 33.3. The van der Waals surface area contributed by atoms with Crippen molar-refractivity contribution in [3.05, 3.63) is 58.6 Å². The third-order valence-electron chi connectivity index (χ3n) is 8.53. The number of amides is 3. The van der Waals surface area contributed by atoms with Gasteiger partial charge in [0.2, 0.25) is 11.9 Å². The van der Waals surface area contributed by atoms with Crippen molar-refractivity contribution in [2.24, 2.45) is 18.9 Å². The zero-order valence-electron chi connectivity index (χ0n) is 27.0. The molecule has 11 nitrogen and oxygen atoms in total. The van der Waals surface area contributed by atoms with Gasteiger partial charge in [-0.2, -0.15) is 9.37 Å². The zero-order valence-corrected chi connectivity index (χ0v) is 27.7. The number of nitrogens with zero attached hydrogens (tertiary/aromatic N) is 7. The average Bonchev–Trinajstić information content (AvgIpc) is 3.35. The second-order valence-corrected chi connectivity index (χ2v) is 13.7. The van der Waals surface area contributed by atoms with Gasteiger partial charge in [0, 0.05) is 64.8 Å². The number of imidazole rings is 1. The average molecular weight is 658 g/mol. The van der Waals surface area contributed by atoms with Crippen LogP contribution in [0.4, 0.5) is 20.3 Å². The van der Waals surface area contributed by atoms with Crippen LogP contribution >= 0.6 is 11.6 Å². The van der Waals surface area contributed by atoms with Crippen molar-refractivity contribution in [1.82, 2.24) is 24.3 Å². The highest BCUT2D eigenvalue weighted by atomic mass is 35.5. The van der Waals surface area contributed by atoms with Gasteiger partial charge >= 0.3 is 0 Å². The summed E-state index contributed by atoms with van der Waals surface area (Å²) in [4.78, 5) is 52.0. The minimum Gasteiger partial charge on any atom is -0.360 e. The molecule has 0 atom stereocenters. The molecular weight excluding hydrogens is 618 g/mol. The van der Waals surface area contributed by atoms with Crippen LogP contribution in [-0.2, 0) is 11.8 Å². The van der Waals surface area contributed by atoms with E-state index in [4.69, 9.17) is 11.6 Å². The van der Waals surface area contributed by atoms with Crippen molar-refractivity contribution >= 4 is 40.8 Å². The van der Waals surface area contributed by atoms with Crippen molar-refractivity contribution in [1.29, 1.82) is 0 Å². The van der Waals surface area contributed by atoms with Gasteiger partial charge in [0.1, 0.15) is 0 Å². The first-order valence-electron chi connectivity index (χ1n) is 15.2. The van der Waals surface area contributed by atoms with E-state index in [0.29, 0.717) is 37.8 Å². The number of anilines is 2. The maximum Gasteiger partial charge on any atom is 0.291 e. The summed E-state index contributed by atoms with van der Waals surface area (Å²) in [6, 6.07) is 5.59. The topological polar surface area (TPSA) is 104 Å². The molecule has 5 rings (SSSR count). The number of hydrogen-bond donors (Lipinski definition) is 1. The van der Waals surface area contributed by atoms with Gasteiger partial charge in [0.15, 0.2) is 17.5 Å². The molecule has 1 saturated carbocycles. The molecule has 1 saturated heterocycles. The summed E-state index contributed by atoms with van der Waals surface area (Å²) in [7, 11) is 11.1.